The minimum atomic E-state index is -0.158. The lowest BCUT2D eigenvalue weighted by Gasteiger charge is -2.27. The maximum atomic E-state index is 12.2. The lowest BCUT2D eigenvalue weighted by Crippen LogP contribution is -2.41. The van der Waals surface area contributed by atoms with Gasteiger partial charge in [0, 0.05) is 12.1 Å². The Kier molecular flexibility index (Phi) is 4.79. The molecule has 1 aromatic rings. The molecule has 0 aliphatic carbocycles. The number of nitrogens with two attached hydrogens (primary N) is 1. The Morgan fingerprint density at radius 2 is 1.89 bits per heavy atom. The number of anilines is 2. The number of hydrogen-bond acceptors (Lipinski definition) is 5. The molecule has 0 fully saturated rings. The molecule has 0 spiro atoms. The topological polar surface area (TPSA) is 80.0 Å². The van der Waals surface area contributed by atoms with Crippen LogP contribution in [0.4, 0.5) is 10.9 Å². The first-order valence-corrected chi connectivity index (χ1v) is 7.26. The van der Waals surface area contributed by atoms with E-state index >= 15 is 0 Å². The number of rotatable bonds is 4. The normalized spacial score (nSPS) is 13.4. The first-order chi connectivity index (χ1) is 8.61. The highest BCUT2D eigenvalue weighted by Gasteiger charge is 2.24. The minimum absolute atomic E-state index is 0.00806. The quantitative estimate of drug-likeness (QED) is 0.794. The summed E-state index contributed by atoms with van der Waals surface area (Å²) < 4.78 is 0. The van der Waals surface area contributed by atoms with Gasteiger partial charge in [0.15, 0.2) is 5.13 Å². The van der Waals surface area contributed by atoms with E-state index in [1.165, 1.54) is 11.3 Å². The number of thiazole rings is 1. The van der Waals surface area contributed by atoms with Crippen molar-refractivity contribution >= 4 is 28.2 Å². The van der Waals surface area contributed by atoms with Crippen LogP contribution in [-0.4, -0.2) is 23.0 Å². The van der Waals surface area contributed by atoms with Gasteiger partial charge in [-0.2, -0.15) is 0 Å². The van der Waals surface area contributed by atoms with Crippen LogP contribution in [0, 0.1) is 5.41 Å². The van der Waals surface area contributed by atoms with Gasteiger partial charge in [0.05, 0.1) is 0 Å². The third-order valence-electron chi connectivity index (χ3n) is 2.92. The Hall–Kier alpha value is -1.30. The van der Waals surface area contributed by atoms with Crippen molar-refractivity contribution < 1.29 is 4.79 Å². The van der Waals surface area contributed by atoms with Crippen molar-refractivity contribution in [3.8, 4) is 0 Å². The molecular formula is C13H24N4OS. The van der Waals surface area contributed by atoms with Crippen molar-refractivity contribution in [2.75, 3.05) is 11.1 Å². The third-order valence-corrected chi connectivity index (χ3v) is 3.92. The van der Waals surface area contributed by atoms with E-state index in [4.69, 9.17) is 5.73 Å². The predicted octanol–water partition coefficient (Wildman–Crippen LogP) is 2.71. The summed E-state index contributed by atoms with van der Waals surface area (Å²) in [6.45, 7) is 12.3. The molecule has 1 heterocycles. The zero-order chi connectivity index (χ0) is 14.8. The summed E-state index contributed by atoms with van der Waals surface area (Å²) >= 11 is 1.29. The maximum absolute atomic E-state index is 12.2. The van der Waals surface area contributed by atoms with E-state index in [0.717, 1.165) is 0 Å². The third kappa shape index (κ3) is 4.38. The standard InChI is InChI=1S/C13H24N4OS/c1-7(2)15-12-17-10(14)9(19-12)11(18)16-8(3)13(4,5)6/h7-8H,14H2,1-6H3,(H,15,17)(H,16,18). The number of nitrogen functional groups attached to an aromatic ring is 1. The molecule has 6 heteroatoms. The van der Waals surface area contributed by atoms with Crippen LogP contribution >= 0.6 is 11.3 Å². The van der Waals surface area contributed by atoms with E-state index in [2.05, 4.69) is 36.4 Å². The molecule has 1 aromatic heterocycles. The van der Waals surface area contributed by atoms with Crippen LogP contribution in [0.2, 0.25) is 0 Å². The molecule has 0 aliphatic rings. The Labute approximate surface area is 119 Å². The molecule has 1 rings (SSSR count). The molecule has 4 N–H and O–H groups in total. The van der Waals surface area contributed by atoms with Gasteiger partial charge in [0.25, 0.3) is 5.91 Å². The highest BCUT2D eigenvalue weighted by molar-refractivity contribution is 7.18. The van der Waals surface area contributed by atoms with Crippen LogP contribution in [0.3, 0.4) is 0 Å². The number of aromatic nitrogens is 1. The van der Waals surface area contributed by atoms with Gasteiger partial charge in [0.2, 0.25) is 0 Å². The Bertz CT molecular complexity index is 448. The van der Waals surface area contributed by atoms with Crippen LogP contribution in [0.25, 0.3) is 0 Å². The minimum Gasteiger partial charge on any atom is -0.382 e. The number of carbonyl (C=O) groups is 1. The largest absolute Gasteiger partial charge is 0.382 e. The SMILES string of the molecule is CC(C)Nc1nc(N)c(C(=O)NC(C)C(C)(C)C)s1. The average molecular weight is 284 g/mol. The second kappa shape index (κ2) is 5.77. The van der Waals surface area contributed by atoms with Gasteiger partial charge in [-0.3, -0.25) is 4.79 Å². The monoisotopic (exact) mass is 284 g/mol. The van der Waals surface area contributed by atoms with E-state index in [0.29, 0.717) is 10.0 Å². The van der Waals surface area contributed by atoms with Crippen molar-refractivity contribution in [1.82, 2.24) is 10.3 Å². The summed E-state index contributed by atoms with van der Waals surface area (Å²) in [7, 11) is 0. The molecule has 0 aliphatic heterocycles. The van der Waals surface area contributed by atoms with Crippen LogP contribution in [-0.2, 0) is 0 Å². The van der Waals surface area contributed by atoms with E-state index < -0.39 is 0 Å². The molecular weight excluding hydrogens is 260 g/mol. The Morgan fingerprint density at radius 1 is 1.32 bits per heavy atom. The van der Waals surface area contributed by atoms with Crippen molar-refractivity contribution in [2.45, 2.75) is 53.6 Å². The number of amides is 1. The smallest absolute Gasteiger partial charge is 0.265 e. The molecule has 0 saturated heterocycles. The van der Waals surface area contributed by atoms with Gasteiger partial charge in [-0.05, 0) is 26.2 Å². The summed E-state index contributed by atoms with van der Waals surface area (Å²) in [4.78, 5) is 16.8. The van der Waals surface area contributed by atoms with Crippen LogP contribution in [0.15, 0.2) is 0 Å². The fourth-order valence-corrected chi connectivity index (χ4v) is 2.22. The number of hydrogen-bond donors (Lipinski definition) is 3. The van der Waals surface area contributed by atoms with Gasteiger partial charge < -0.3 is 16.4 Å². The first-order valence-electron chi connectivity index (χ1n) is 6.45. The van der Waals surface area contributed by atoms with Gasteiger partial charge >= 0.3 is 0 Å². The van der Waals surface area contributed by atoms with E-state index in [9.17, 15) is 4.79 Å². The zero-order valence-corrected chi connectivity index (χ0v) is 13.3. The molecule has 1 unspecified atom stereocenters. The molecule has 1 amide bonds. The average Bonchev–Trinajstić information content (AvgIpc) is 2.56. The fraction of sp³-hybridized carbons (Fsp3) is 0.692. The predicted molar refractivity (Wildman–Crippen MR) is 81.7 cm³/mol. The molecule has 0 radical (unpaired) electrons. The highest BCUT2D eigenvalue weighted by Crippen LogP contribution is 2.26. The van der Waals surface area contributed by atoms with Crippen LogP contribution < -0.4 is 16.4 Å². The summed E-state index contributed by atoms with van der Waals surface area (Å²) in [5, 5.41) is 6.80. The molecule has 1 atom stereocenters. The molecule has 5 nitrogen and oxygen atoms in total. The second-order valence-corrected chi connectivity index (χ2v) is 7.09. The van der Waals surface area contributed by atoms with E-state index in [1.807, 2.05) is 20.8 Å². The molecule has 0 saturated carbocycles. The van der Waals surface area contributed by atoms with Crippen molar-refractivity contribution in [3.63, 3.8) is 0 Å². The second-order valence-electron chi connectivity index (χ2n) is 6.09. The highest BCUT2D eigenvalue weighted by atomic mass is 32.1. The first kappa shape index (κ1) is 15.8. The Balaban J connectivity index is 2.80. The van der Waals surface area contributed by atoms with Gasteiger partial charge in [0.1, 0.15) is 10.7 Å². The summed E-state index contributed by atoms with van der Waals surface area (Å²) in [6, 6.07) is 0.318. The van der Waals surface area contributed by atoms with Crippen LogP contribution in [0.1, 0.15) is 51.2 Å². The zero-order valence-electron chi connectivity index (χ0n) is 12.5. The van der Waals surface area contributed by atoms with Crippen molar-refractivity contribution in [1.29, 1.82) is 0 Å². The fourth-order valence-electron chi connectivity index (χ4n) is 1.28. The van der Waals surface area contributed by atoms with Gasteiger partial charge in [-0.15, -0.1) is 0 Å². The maximum Gasteiger partial charge on any atom is 0.265 e. The summed E-state index contributed by atoms with van der Waals surface area (Å²) in [6.07, 6.45) is 0. The molecule has 0 bridgehead atoms. The van der Waals surface area contributed by atoms with Crippen molar-refractivity contribution in [3.05, 3.63) is 4.88 Å². The van der Waals surface area contributed by atoms with Gasteiger partial charge in [-0.25, -0.2) is 4.98 Å². The lowest BCUT2D eigenvalue weighted by atomic mass is 9.88. The number of nitrogens with zero attached hydrogens (tertiary/aromatic N) is 1. The number of nitrogens with one attached hydrogen (secondary N) is 2. The van der Waals surface area contributed by atoms with Crippen molar-refractivity contribution in [2.24, 2.45) is 5.41 Å². The molecule has 0 aromatic carbocycles. The van der Waals surface area contributed by atoms with Crippen LogP contribution in [0.5, 0.6) is 0 Å². The molecule has 19 heavy (non-hydrogen) atoms. The molecule has 108 valence electrons. The van der Waals surface area contributed by atoms with E-state index in [1.54, 1.807) is 0 Å². The Morgan fingerprint density at radius 3 is 2.37 bits per heavy atom. The van der Waals surface area contributed by atoms with Gasteiger partial charge in [-0.1, -0.05) is 32.1 Å². The number of carbonyl (C=O) groups excluding carboxylic acids is 1. The summed E-state index contributed by atoms with van der Waals surface area (Å²) in [5.41, 5.74) is 5.81. The summed E-state index contributed by atoms with van der Waals surface area (Å²) in [5.74, 6) is 0.126. The van der Waals surface area contributed by atoms with E-state index in [-0.39, 0.29) is 29.2 Å². The lowest BCUT2D eigenvalue weighted by molar-refractivity contribution is 0.0915.